The first-order valence-corrected chi connectivity index (χ1v) is 3.90. The molecule has 0 radical (unpaired) electrons. The van der Waals surface area contributed by atoms with Gasteiger partial charge in [0.05, 0.1) is 5.92 Å². The van der Waals surface area contributed by atoms with Crippen LogP contribution in [0.2, 0.25) is 0 Å². The molecule has 1 N–H and O–H groups in total. The molecule has 1 atom stereocenters. The highest BCUT2D eigenvalue weighted by Crippen LogP contribution is 2.07. The molecular weight excluding hydrogens is 144 g/mol. The van der Waals surface area contributed by atoms with Crippen LogP contribution in [0.25, 0.3) is 0 Å². The van der Waals surface area contributed by atoms with E-state index in [9.17, 15) is 4.79 Å². The predicted octanol–water partition coefficient (Wildman–Crippen LogP) is 1.52. The van der Waals surface area contributed by atoms with E-state index in [4.69, 9.17) is 9.84 Å². The number of methoxy groups -OCH3 is 1. The summed E-state index contributed by atoms with van der Waals surface area (Å²) in [6.45, 7) is 2.46. The molecule has 66 valence electrons. The maximum atomic E-state index is 10.3. The summed E-state index contributed by atoms with van der Waals surface area (Å²) in [7, 11) is 1.65. The molecule has 0 aliphatic carbocycles. The van der Waals surface area contributed by atoms with Gasteiger partial charge in [-0.1, -0.05) is 13.3 Å². The third-order valence-electron chi connectivity index (χ3n) is 1.66. The summed E-state index contributed by atoms with van der Waals surface area (Å²) in [6, 6.07) is 0. The van der Waals surface area contributed by atoms with Crippen molar-refractivity contribution in [3.05, 3.63) is 0 Å². The molecule has 0 aliphatic heterocycles. The molecule has 0 unspecified atom stereocenters. The number of carboxylic acid groups (broad SMARTS) is 1. The molecule has 0 aromatic heterocycles. The van der Waals surface area contributed by atoms with Gasteiger partial charge >= 0.3 is 5.97 Å². The number of aliphatic carboxylic acids is 1. The highest BCUT2D eigenvalue weighted by Gasteiger charge is 2.08. The van der Waals surface area contributed by atoms with Crippen LogP contribution in [0.5, 0.6) is 0 Å². The van der Waals surface area contributed by atoms with Gasteiger partial charge in [0.15, 0.2) is 0 Å². The second kappa shape index (κ2) is 6.16. The van der Waals surface area contributed by atoms with E-state index in [0.29, 0.717) is 0 Å². The normalized spacial score (nSPS) is 12.9. The van der Waals surface area contributed by atoms with Crippen molar-refractivity contribution in [3.8, 4) is 0 Å². The largest absolute Gasteiger partial charge is 0.481 e. The SMILES string of the molecule is COCCCC[C@H](C)C(=O)O. The second-order valence-corrected chi connectivity index (χ2v) is 2.73. The summed E-state index contributed by atoms with van der Waals surface area (Å²) in [6.07, 6.45) is 2.63. The fourth-order valence-corrected chi connectivity index (χ4v) is 0.820. The van der Waals surface area contributed by atoms with Crippen LogP contribution in [0.4, 0.5) is 0 Å². The molecule has 0 bridgehead atoms. The summed E-state index contributed by atoms with van der Waals surface area (Å²) in [4.78, 5) is 10.3. The monoisotopic (exact) mass is 160 g/mol. The average Bonchev–Trinajstić information content (AvgIpc) is 1.97. The van der Waals surface area contributed by atoms with Crippen LogP contribution in [0.15, 0.2) is 0 Å². The van der Waals surface area contributed by atoms with E-state index in [1.807, 2.05) is 0 Å². The van der Waals surface area contributed by atoms with Crippen molar-refractivity contribution >= 4 is 5.97 Å². The summed E-state index contributed by atoms with van der Waals surface area (Å²) >= 11 is 0. The smallest absolute Gasteiger partial charge is 0.306 e. The lowest BCUT2D eigenvalue weighted by Crippen LogP contribution is -2.09. The van der Waals surface area contributed by atoms with E-state index in [0.717, 1.165) is 25.9 Å². The number of ether oxygens (including phenoxy) is 1. The Morgan fingerprint density at radius 2 is 2.18 bits per heavy atom. The molecule has 0 fully saturated rings. The fraction of sp³-hybridized carbons (Fsp3) is 0.875. The van der Waals surface area contributed by atoms with E-state index in [1.165, 1.54) is 0 Å². The van der Waals surface area contributed by atoms with Crippen LogP contribution in [0.1, 0.15) is 26.2 Å². The Bertz CT molecular complexity index is 112. The Morgan fingerprint density at radius 3 is 2.64 bits per heavy atom. The Labute approximate surface area is 67.4 Å². The van der Waals surface area contributed by atoms with E-state index in [2.05, 4.69) is 0 Å². The topological polar surface area (TPSA) is 46.5 Å². The quantitative estimate of drug-likeness (QED) is 0.599. The highest BCUT2D eigenvalue weighted by molar-refractivity contribution is 5.69. The number of rotatable bonds is 6. The minimum atomic E-state index is -0.706. The van der Waals surface area contributed by atoms with Gasteiger partial charge in [0, 0.05) is 13.7 Å². The van der Waals surface area contributed by atoms with E-state index in [-0.39, 0.29) is 5.92 Å². The van der Waals surface area contributed by atoms with Gasteiger partial charge in [0.2, 0.25) is 0 Å². The van der Waals surface area contributed by atoms with E-state index in [1.54, 1.807) is 14.0 Å². The Balaban J connectivity index is 3.17. The summed E-state index contributed by atoms with van der Waals surface area (Å²) in [5, 5.41) is 8.51. The van der Waals surface area contributed by atoms with Crippen molar-refractivity contribution < 1.29 is 14.6 Å². The zero-order valence-electron chi connectivity index (χ0n) is 7.17. The molecule has 0 aromatic rings. The average molecular weight is 160 g/mol. The zero-order chi connectivity index (χ0) is 8.69. The van der Waals surface area contributed by atoms with Crippen LogP contribution in [-0.2, 0) is 9.53 Å². The van der Waals surface area contributed by atoms with Crippen LogP contribution in [-0.4, -0.2) is 24.8 Å². The molecule has 0 heterocycles. The molecule has 0 amide bonds. The number of carboxylic acids is 1. The van der Waals surface area contributed by atoms with E-state index < -0.39 is 5.97 Å². The fourth-order valence-electron chi connectivity index (χ4n) is 0.820. The molecule has 11 heavy (non-hydrogen) atoms. The lowest BCUT2D eigenvalue weighted by atomic mass is 10.1. The molecule has 0 saturated heterocycles. The summed E-state index contributed by atoms with van der Waals surface area (Å²) < 4.78 is 4.84. The van der Waals surface area contributed by atoms with Crippen molar-refractivity contribution in [1.82, 2.24) is 0 Å². The zero-order valence-corrected chi connectivity index (χ0v) is 7.17. The van der Waals surface area contributed by atoms with Crippen molar-refractivity contribution in [2.75, 3.05) is 13.7 Å². The van der Waals surface area contributed by atoms with Gasteiger partial charge in [-0.15, -0.1) is 0 Å². The van der Waals surface area contributed by atoms with Crippen molar-refractivity contribution in [2.24, 2.45) is 5.92 Å². The molecule has 3 nitrogen and oxygen atoms in total. The molecule has 0 aromatic carbocycles. The number of unbranched alkanes of at least 4 members (excludes halogenated alkanes) is 1. The van der Waals surface area contributed by atoms with Crippen molar-refractivity contribution in [1.29, 1.82) is 0 Å². The third-order valence-corrected chi connectivity index (χ3v) is 1.66. The van der Waals surface area contributed by atoms with Crippen LogP contribution >= 0.6 is 0 Å². The predicted molar refractivity (Wildman–Crippen MR) is 42.5 cm³/mol. The Hall–Kier alpha value is -0.570. The molecular formula is C8H16O3. The van der Waals surface area contributed by atoms with Gasteiger partial charge in [-0.3, -0.25) is 4.79 Å². The van der Waals surface area contributed by atoms with Crippen LogP contribution < -0.4 is 0 Å². The van der Waals surface area contributed by atoms with Crippen LogP contribution in [0, 0.1) is 5.92 Å². The maximum absolute atomic E-state index is 10.3. The van der Waals surface area contributed by atoms with Gasteiger partial charge in [-0.2, -0.15) is 0 Å². The first-order chi connectivity index (χ1) is 5.18. The number of hydrogen-bond acceptors (Lipinski definition) is 2. The van der Waals surface area contributed by atoms with Gasteiger partial charge < -0.3 is 9.84 Å². The van der Waals surface area contributed by atoms with Gasteiger partial charge in [0.25, 0.3) is 0 Å². The summed E-state index contributed by atoms with van der Waals surface area (Å²) in [5.41, 5.74) is 0. The first kappa shape index (κ1) is 10.4. The first-order valence-electron chi connectivity index (χ1n) is 3.90. The molecule has 3 heteroatoms. The number of hydrogen-bond donors (Lipinski definition) is 1. The Morgan fingerprint density at radius 1 is 1.55 bits per heavy atom. The standard InChI is InChI=1S/C8H16O3/c1-7(8(9)10)5-3-4-6-11-2/h7H,3-6H2,1-2H3,(H,9,10)/t7-/m0/s1. The maximum Gasteiger partial charge on any atom is 0.306 e. The van der Waals surface area contributed by atoms with Crippen LogP contribution in [0.3, 0.4) is 0 Å². The van der Waals surface area contributed by atoms with Crippen molar-refractivity contribution in [2.45, 2.75) is 26.2 Å². The Kier molecular flexibility index (Phi) is 5.84. The minimum absolute atomic E-state index is 0.216. The minimum Gasteiger partial charge on any atom is -0.481 e. The van der Waals surface area contributed by atoms with Gasteiger partial charge in [-0.05, 0) is 12.8 Å². The molecule has 0 aliphatic rings. The number of carbonyl (C=O) groups is 1. The summed E-state index contributed by atoms with van der Waals surface area (Å²) in [5.74, 6) is -0.922. The lowest BCUT2D eigenvalue weighted by Gasteiger charge is -2.04. The van der Waals surface area contributed by atoms with Gasteiger partial charge in [0.1, 0.15) is 0 Å². The van der Waals surface area contributed by atoms with Crippen molar-refractivity contribution in [3.63, 3.8) is 0 Å². The molecule has 0 saturated carbocycles. The lowest BCUT2D eigenvalue weighted by molar-refractivity contribution is -0.141. The van der Waals surface area contributed by atoms with E-state index >= 15 is 0 Å². The highest BCUT2D eigenvalue weighted by atomic mass is 16.5. The van der Waals surface area contributed by atoms with Gasteiger partial charge in [-0.25, -0.2) is 0 Å². The molecule has 0 rings (SSSR count). The third kappa shape index (κ3) is 5.85. The molecule has 0 spiro atoms. The second-order valence-electron chi connectivity index (χ2n) is 2.73.